The van der Waals surface area contributed by atoms with Crippen LogP contribution in [0.15, 0.2) is 48.5 Å². The van der Waals surface area contributed by atoms with Crippen LogP contribution in [0.3, 0.4) is 0 Å². The summed E-state index contributed by atoms with van der Waals surface area (Å²) in [7, 11) is 0. The molecule has 0 spiro atoms. The van der Waals surface area contributed by atoms with Gasteiger partial charge in [-0.25, -0.2) is 0 Å². The molecule has 1 heterocycles. The molecule has 1 aliphatic heterocycles. The molecule has 2 aromatic rings. The van der Waals surface area contributed by atoms with E-state index >= 15 is 0 Å². The molecule has 0 bridgehead atoms. The number of benzene rings is 2. The Morgan fingerprint density at radius 2 is 2.00 bits per heavy atom. The number of nitro benzene ring substituents is 1. The number of nitro groups is 1. The molecule has 0 saturated carbocycles. The fraction of sp³-hybridized carbons (Fsp3) is 0.278. The van der Waals surface area contributed by atoms with Gasteiger partial charge in [0.25, 0.3) is 5.91 Å². The Morgan fingerprint density at radius 3 is 2.65 bits per heavy atom. The van der Waals surface area contributed by atoms with Crippen LogP contribution in [-0.2, 0) is 4.79 Å². The van der Waals surface area contributed by atoms with Gasteiger partial charge in [-0.05, 0) is 11.6 Å². The van der Waals surface area contributed by atoms with E-state index in [2.05, 4.69) is 0 Å². The van der Waals surface area contributed by atoms with Gasteiger partial charge in [0.15, 0.2) is 6.61 Å². The van der Waals surface area contributed by atoms with Crippen molar-refractivity contribution in [3.8, 4) is 5.75 Å². The lowest BCUT2D eigenvalue weighted by atomic mass is 9.95. The Balaban J connectivity index is 1.59. The van der Waals surface area contributed by atoms with E-state index in [-0.39, 0.29) is 30.2 Å². The largest absolute Gasteiger partial charge is 0.484 e. The molecule has 0 unspecified atom stereocenters. The van der Waals surface area contributed by atoms with Crippen molar-refractivity contribution >= 4 is 11.6 Å². The predicted molar refractivity (Wildman–Crippen MR) is 92.3 cm³/mol. The predicted octanol–water partition coefficient (Wildman–Crippen LogP) is 2.07. The highest BCUT2D eigenvalue weighted by Crippen LogP contribution is 2.27. The van der Waals surface area contributed by atoms with Crippen molar-refractivity contribution in [1.82, 2.24) is 4.90 Å². The molecule has 2 aromatic carbocycles. The first kappa shape index (κ1) is 17.8. The minimum atomic E-state index is -1.01. The number of carbonyl (C=O) groups excluding carboxylic acids is 1. The van der Waals surface area contributed by atoms with Crippen LogP contribution in [0.4, 0.5) is 10.1 Å². The van der Waals surface area contributed by atoms with Gasteiger partial charge >= 0.3 is 5.69 Å². The zero-order valence-corrected chi connectivity index (χ0v) is 13.9. The first-order valence-corrected chi connectivity index (χ1v) is 8.10. The number of hydrogen-bond donors (Lipinski definition) is 1. The fourth-order valence-corrected chi connectivity index (χ4v) is 3.05. The average Bonchev–Trinajstić information content (AvgIpc) is 3.02. The Labute approximate surface area is 149 Å². The summed E-state index contributed by atoms with van der Waals surface area (Å²) in [6, 6.07) is 12.7. The number of likely N-dealkylation sites (tertiary alicyclic amines) is 1. The standard InChI is InChI=1S/C18H18FN3O4/c19-15-8-13(6-7-17(15)22(24)25)26-11-18(23)21-9-14(16(20)10-21)12-4-2-1-3-5-12/h1-8,14,16H,9-11,20H2/t14-,16+/m0/s1. The van der Waals surface area contributed by atoms with E-state index in [0.717, 1.165) is 17.7 Å². The van der Waals surface area contributed by atoms with E-state index in [4.69, 9.17) is 10.5 Å². The summed E-state index contributed by atoms with van der Waals surface area (Å²) in [5.41, 5.74) is 6.60. The van der Waals surface area contributed by atoms with Crippen molar-refractivity contribution < 1.29 is 18.8 Å². The lowest BCUT2D eigenvalue weighted by molar-refractivity contribution is -0.387. The van der Waals surface area contributed by atoms with Gasteiger partial charge in [-0.15, -0.1) is 0 Å². The monoisotopic (exact) mass is 359 g/mol. The van der Waals surface area contributed by atoms with Crippen molar-refractivity contribution in [1.29, 1.82) is 0 Å². The van der Waals surface area contributed by atoms with Gasteiger partial charge < -0.3 is 15.4 Å². The van der Waals surface area contributed by atoms with E-state index in [1.54, 1.807) is 4.90 Å². The van der Waals surface area contributed by atoms with Gasteiger partial charge in [0, 0.05) is 37.2 Å². The Morgan fingerprint density at radius 1 is 1.27 bits per heavy atom. The smallest absolute Gasteiger partial charge is 0.305 e. The van der Waals surface area contributed by atoms with Crippen molar-refractivity contribution in [3.63, 3.8) is 0 Å². The van der Waals surface area contributed by atoms with Crippen LogP contribution in [-0.4, -0.2) is 41.5 Å². The maximum absolute atomic E-state index is 13.6. The number of halogens is 1. The van der Waals surface area contributed by atoms with Gasteiger partial charge in [0.05, 0.1) is 4.92 Å². The summed E-state index contributed by atoms with van der Waals surface area (Å²) in [6.45, 7) is 0.615. The van der Waals surface area contributed by atoms with E-state index in [1.165, 1.54) is 6.07 Å². The summed E-state index contributed by atoms with van der Waals surface area (Å²) < 4.78 is 18.9. The van der Waals surface area contributed by atoms with E-state index < -0.39 is 16.4 Å². The molecule has 1 aliphatic rings. The number of nitrogens with zero attached hydrogens (tertiary/aromatic N) is 2. The van der Waals surface area contributed by atoms with Gasteiger partial charge in [-0.2, -0.15) is 4.39 Å². The third-order valence-corrected chi connectivity index (χ3v) is 4.42. The molecule has 2 N–H and O–H groups in total. The molecule has 26 heavy (non-hydrogen) atoms. The molecule has 1 amide bonds. The third-order valence-electron chi connectivity index (χ3n) is 4.42. The van der Waals surface area contributed by atoms with Crippen LogP contribution in [0.5, 0.6) is 5.75 Å². The second-order valence-corrected chi connectivity index (χ2v) is 6.14. The molecule has 1 saturated heterocycles. The molecule has 2 atom stereocenters. The number of carbonyl (C=O) groups is 1. The molecule has 8 heteroatoms. The molecule has 1 fully saturated rings. The molecule has 7 nitrogen and oxygen atoms in total. The lowest BCUT2D eigenvalue weighted by Gasteiger charge is -2.17. The van der Waals surface area contributed by atoms with Crippen LogP contribution in [0.1, 0.15) is 11.5 Å². The number of ether oxygens (including phenoxy) is 1. The minimum absolute atomic E-state index is 0.0527. The second-order valence-electron chi connectivity index (χ2n) is 6.14. The fourth-order valence-electron chi connectivity index (χ4n) is 3.05. The van der Waals surface area contributed by atoms with E-state index in [1.807, 2.05) is 30.3 Å². The number of nitrogens with two attached hydrogens (primary N) is 1. The molecular formula is C18H18FN3O4. The number of rotatable bonds is 5. The Kier molecular flexibility index (Phi) is 5.13. The van der Waals surface area contributed by atoms with Crippen LogP contribution >= 0.6 is 0 Å². The summed E-state index contributed by atoms with van der Waals surface area (Å²) in [4.78, 5) is 23.7. The molecule has 0 aromatic heterocycles. The maximum Gasteiger partial charge on any atom is 0.305 e. The van der Waals surface area contributed by atoms with Gasteiger partial charge in [-0.3, -0.25) is 14.9 Å². The normalized spacial score (nSPS) is 19.4. The van der Waals surface area contributed by atoms with Crippen LogP contribution < -0.4 is 10.5 Å². The van der Waals surface area contributed by atoms with E-state index in [9.17, 15) is 19.3 Å². The average molecular weight is 359 g/mol. The highest BCUT2D eigenvalue weighted by Gasteiger charge is 2.33. The Hall–Kier alpha value is -3.00. The van der Waals surface area contributed by atoms with Crippen LogP contribution in [0.2, 0.25) is 0 Å². The molecular weight excluding hydrogens is 341 g/mol. The topological polar surface area (TPSA) is 98.7 Å². The maximum atomic E-state index is 13.6. The zero-order valence-electron chi connectivity index (χ0n) is 13.9. The van der Waals surface area contributed by atoms with Crippen molar-refractivity contribution in [2.75, 3.05) is 19.7 Å². The SMILES string of the molecule is N[C@@H]1CN(C(=O)COc2ccc([N+](=O)[O-])c(F)c2)C[C@H]1c1ccccc1. The zero-order chi connectivity index (χ0) is 18.7. The number of hydrogen-bond acceptors (Lipinski definition) is 5. The van der Waals surface area contributed by atoms with Crippen LogP contribution in [0, 0.1) is 15.9 Å². The summed E-state index contributed by atoms with van der Waals surface area (Å²) >= 11 is 0. The lowest BCUT2D eigenvalue weighted by Crippen LogP contribution is -2.35. The van der Waals surface area contributed by atoms with Crippen molar-refractivity contribution in [2.45, 2.75) is 12.0 Å². The minimum Gasteiger partial charge on any atom is -0.484 e. The first-order chi connectivity index (χ1) is 12.5. The van der Waals surface area contributed by atoms with Crippen molar-refractivity contribution in [3.05, 3.63) is 70.0 Å². The molecule has 3 rings (SSSR count). The van der Waals surface area contributed by atoms with Gasteiger partial charge in [-0.1, -0.05) is 30.3 Å². The quantitative estimate of drug-likeness (QED) is 0.651. The second kappa shape index (κ2) is 7.49. The molecule has 0 radical (unpaired) electrons. The van der Waals surface area contributed by atoms with Crippen molar-refractivity contribution in [2.24, 2.45) is 5.73 Å². The van der Waals surface area contributed by atoms with Gasteiger partial charge in [0.2, 0.25) is 5.82 Å². The molecule has 136 valence electrons. The number of amides is 1. The Bertz CT molecular complexity index is 815. The third kappa shape index (κ3) is 3.80. The molecule has 0 aliphatic carbocycles. The first-order valence-electron chi connectivity index (χ1n) is 8.10. The summed E-state index contributed by atoms with van der Waals surface area (Å²) in [6.07, 6.45) is 0. The summed E-state index contributed by atoms with van der Waals surface area (Å²) in [5, 5.41) is 10.6. The van der Waals surface area contributed by atoms with Gasteiger partial charge in [0.1, 0.15) is 5.75 Å². The highest BCUT2D eigenvalue weighted by atomic mass is 19.1. The van der Waals surface area contributed by atoms with Crippen LogP contribution in [0.25, 0.3) is 0 Å². The van der Waals surface area contributed by atoms with E-state index in [0.29, 0.717) is 13.1 Å². The highest BCUT2D eigenvalue weighted by molar-refractivity contribution is 5.78. The summed E-state index contributed by atoms with van der Waals surface area (Å²) in [5.74, 6) is -1.16.